The average molecular weight is 300 g/mol. The number of rotatable bonds is 2. The van der Waals surface area contributed by atoms with E-state index in [1.54, 1.807) is 36.4 Å². The third kappa shape index (κ3) is 4.06. The summed E-state index contributed by atoms with van der Waals surface area (Å²) in [5, 5.41) is 3.36. The Morgan fingerprint density at radius 3 is 2.90 bits per heavy atom. The number of carbonyl (C=O) groups is 1. The van der Waals surface area contributed by atoms with Crippen LogP contribution in [-0.2, 0) is 0 Å². The van der Waals surface area contributed by atoms with E-state index in [4.69, 9.17) is 17.3 Å². The molecule has 2 rings (SSSR count). The highest BCUT2D eigenvalue weighted by atomic mass is 35.5. The molecule has 0 saturated heterocycles. The molecule has 106 valence electrons. The van der Waals surface area contributed by atoms with Gasteiger partial charge in [0.15, 0.2) is 0 Å². The van der Waals surface area contributed by atoms with Crippen LogP contribution in [-0.4, -0.2) is 17.4 Å². The SMILES string of the molecule is Cc1cc(C(=O)Nc2cccc(C#CCN)n2)ccc1Cl. The van der Waals surface area contributed by atoms with Crippen molar-refractivity contribution in [2.24, 2.45) is 5.73 Å². The second-order valence-electron chi connectivity index (χ2n) is 4.33. The topological polar surface area (TPSA) is 68.0 Å². The van der Waals surface area contributed by atoms with Crippen LogP contribution in [0.1, 0.15) is 21.6 Å². The van der Waals surface area contributed by atoms with E-state index in [-0.39, 0.29) is 12.5 Å². The summed E-state index contributed by atoms with van der Waals surface area (Å²) in [6.45, 7) is 2.11. The highest BCUT2D eigenvalue weighted by Gasteiger charge is 2.08. The van der Waals surface area contributed by atoms with Crippen LogP contribution in [0, 0.1) is 18.8 Å². The van der Waals surface area contributed by atoms with Crippen molar-refractivity contribution in [3.05, 3.63) is 58.2 Å². The van der Waals surface area contributed by atoms with Gasteiger partial charge in [0, 0.05) is 10.6 Å². The van der Waals surface area contributed by atoms with Gasteiger partial charge in [-0.25, -0.2) is 4.98 Å². The van der Waals surface area contributed by atoms with Crippen LogP contribution in [0.4, 0.5) is 5.82 Å². The minimum absolute atomic E-state index is 0.244. The van der Waals surface area contributed by atoms with Gasteiger partial charge in [-0.2, -0.15) is 0 Å². The summed E-state index contributed by atoms with van der Waals surface area (Å²) in [6, 6.07) is 10.3. The number of hydrogen-bond acceptors (Lipinski definition) is 3. The number of nitrogens with one attached hydrogen (secondary N) is 1. The number of halogens is 1. The summed E-state index contributed by atoms with van der Waals surface area (Å²) in [5.41, 5.74) is 7.25. The van der Waals surface area contributed by atoms with Crippen molar-refractivity contribution in [1.29, 1.82) is 0 Å². The first kappa shape index (κ1) is 15.0. The number of pyridine rings is 1. The standard InChI is InChI=1S/C16H14ClN3O/c1-11-10-12(7-8-14(11)17)16(21)20-15-6-2-4-13(19-15)5-3-9-18/h2,4,6-8,10H,9,18H2,1H3,(H,19,20,21). The molecular formula is C16H14ClN3O. The Hall–Kier alpha value is -2.35. The summed E-state index contributed by atoms with van der Waals surface area (Å²) >= 11 is 5.95. The lowest BCUT2D eigenvalue weighted by atomic mass is 10.1. The maximum absolute atomic E-state index is 12.2. The van der Waals surface area contributed by atoms with E-state index in [1.807, 2.05) is 6.92 Å². The molecule has 0 unspecified atom stereocenters. The fourth-order valence-corrected chi connectivity index (χ4v) is 1.81. The molecule has 0 radical (unpaired) electrons. The number of nitrogens with zero attached hydrogens (tertiary/aromatic N) is 1. The van der Waals surface area contributed by atoms with Crippen LogP contribution in [0.3, 0.4) is 0 Å². The van der Waals surface area contributed by atoms with Crippen molar-refractivity contribution < 1.29 is 4.79 Å². The van der Waals surface area contributed by atoms with Gasteiger partial charge in [0.2, 0.25) is 0 Å². The summed E-state index contributed by atoms with van der Waals surface area (Å²) in [7, 11) is 0. The largest absolute Gasteiger partial charge is 0.320 e. The normalized spacial score (nSPS) is 9.67. The fraction of sp³-hybridized carbons (Fsp3) is 0.125. The van der Waals surface area contributed by atoms with E-state index >= 15 is 0 Å². The maximum atomic E-state index is 12.2. The van der Waals surface area contributed by atoms with Gasteiger partial charge in [-0.15, -0.1) is 0 Å². The van der Waals surface area contributed by atoms with Gasteiger partial charge in [0.1, 0.15) is 11.5 Å². The van der Waals surface area contributed by atoms with E-state index in [9.17, 15) is 4.79 Å². The molecule has 1 heterocycles. The molecule has 0 saturated carbocycles. The van der Waals surface area contributed by atoms with Gasteiger partial charge in [-0.05, 0) is 48.7 Å². The van der Waals surface area contributed by atoms with Crippen molar-refractivity contribution in [2.75, 3.05) is 11.9 Å². The monoisotopic (exact) mass is 299 g/mol. The first-order chi connectivity index (χ1) is 10.1. The van der Waals surface area contributed by atoms with Crippen molar-refractivity contribution in [2.45, 2.75) is 6.92 Å². The van der Waals surface area contributed by atoms with Crippen molar-refractivity contribution in [1.82, 2.24) is 4.98 Å². The fourth-order valence-electron chi connectivity index (χ4n) is 1.69. The van der Waals surface area contributed by atoms with E-state index < -0.39 is 0 Å². The molecule has 5 heteroatoms. The van der Waals surface area contributed by atoms with Crippen LogP contribution >= 0.6 is 11.6 Å². The van der Waals surface area contributed by atoms with Crippen molar-refractivity contribution in [3.63, 3.8) is 0 Å². The number of hydrogen-bond donors (Lipinski definition) is 2. The molecule has 0 fully saturated rings. The van der Waals surface area contributed by atoms with E-state index in [0.29, 0.717) is 22.1 Å². The van der Waals surface area contributed by atoms with Crippen LogP contribution in [0.15, 0.2) is 36.4 Å². The molecule has 1 aromatic heterocycles. The van der Waals surface area contributed by atoms with Gasteiger partial charge in [0.05, 0.1) is 6.54 Å². The van der Waals surface area contributed by atoms with Gasteiger partial charge in [-0.3, -0.25) is 4.79 Å². The van der Waals surface area contributed by atoms with Crippen LogP contribution < -0.4 is 11.1 Å². The lowest BCUT2D eigenvalue weighted by Gasteiger charge is -2.06. The highest BCUT2D eigenvalue weighted by molar-refractivity contribution is 6.31. The molecule has 4 nitrogen and oxygen atoms in total. The van der Waals surface area contributed by atoms with Crippen molar-refractivity contribution in [3.8, 4) is 11.8 Å². The Bertz CT molecular complexity index is 732. The number of aromatic nitrogens is 1. The Morgan fingerprint density at radius 1 is 1.38 bits per heavy atom. The van der Waals surface area contributed by atoms with Gasteiger partial charge in [-0.1, -0.05) is 23.6 Å². The predicted molar refractivity (Wildman–Crippen MR) is 84.3 cm³/mol. The smallest absolute Gasteiger partial charge is 0.256 e. The molecule has 0 aliphatic heterocycles. The van der Waals surface area contributed by atoms with E-state index in [1.165, 1.54) is 0 Å². The number of amides is 1. The summed E-state index contributed by atoms with van der Waals surface area (Å²) in [6.07, 6.45) is 0. The maximum Gasteiger partial charge on any atom is 0.256 e. The number of anilines is 1. The number of benzene rings is 1. The molecule has 0 aliphatic carbocycles. The minimum atomic E-state index is -0.244. The molecule has 0 atom stereocenters. The molecule has 21 heavy (non-hydrogen) atoms. The van der Waals surface area contributed by atoms with Crippen molar-refractivity contribution >= 4 is 23.3 Å². The van der Waals surface area contributed by atoms with E-state index in [2.05, 4.69) is 22.1 Å². The van der Waals surface area contributed by atoms with Gasteiger partial charge in [0.25, 0.3) is 5.91 Å². The van der Waals surface area contributed by atoms with Gasteiger partial charge < -0.3 is 11.1 Å². The molecule has 1 amide bonds. The molecule has 1 aromatic carbocycles. The third-order valence-electron chi connectivity index (χ3n) is 2.73. The summed E-state index contributed by atoms with van der Waals surface area (Å²) in [4.78, 5) is 16.4. The van der Waals surface area contributed by atoms with Crippen LogP contribution in [0.2, 0.25) is 5.02 Å². The average Bonchev–Trinajstić information content (AvgIpc) is 2.48. The van der Waals surface area contributed by atoms with Crippen LogP contribution in [0.5, 0.6) is 0 Å². The molecule has 3 N–H and O–H groups in total. The first-order valence-corrected chi connectivity index (χ1v) is 6.71. The minimum Gasteiger partial charge on any atom is -0.320 e. The van der Waals surface area contributed by atoms with E-state index in [0.717, 1.165) is 5.56 Å². The van der Waals surface area contributed by atoms with Crippen LogP contribution in [0.25, 0.3) is 0 Å². The molecule has 0 bridgehead atoms. The zero-order chi connectivity index (χ0) is 15.2. The Morgan fingerprint density at radius 2 is 2.19 bits per heavy atom. The molecule has 2 aromatic rings. The number of nitrogens with two attached hydrogens (primary N) is 1. The molecular weight excluding hydrogens is 286 g/mol. The highest BCUT2D eigenvalue weighted by Crippen LogP contribution is 2.17. The molecule has 0 spiro atoms. The number of carbonyl (C=O) groups excluding carboxylic acids is 1. The zero-order valence-electron chi connectivity index (χ0n) is 11.5. The lowest BCUT2D eigenvalue weighted by Crippen LogP contribution is -2.13. The quantitative estimate of drug-likeness (QED) is 0.838. The first-order valence-electron chi connectivity index (χ1n) is 6.33. The Kier molecular flexibility index (Phi) is 4.94. The Balaban J connectivity index is 2.17. The second-order valence-corrected chi connectivity index (χ2v) is 4.74. The molecule has 0 aliphatic rings. The zero-order valence-corrected chi connectivity index (χ0v) is 12.2. The second kappa shape index (κ2) is 6.89. The third-order valence-corrected chi connectivity index (χ3v) is 3.15. The number of aryl methyl sites for hydroxylation is 1. The lowest BCUT2D eigenvalue weighted by molar-refractivity contribution is 0.102. The summed E-state index contributed by atoms with van der Waals surface area (Å²) in [5.74, 6) is 5.73. The van der Waals surface area contributed by atoms with Gasteiger partial charge >= 0.3 is 0 Å². The Labute approximate surface area is 128 Å². The summed E-state index contributed by atoms with van der Waals surface area (Å²) < 4.78 is 0. The predicted octanol–water partition coefficient (Wildman–Crippen LogP) is 2.61.